The lowest BCUT2D eigenvalue weighted by molar-refractivity contribution is -0.663. The zero-order valence-corrected chi connectivity index (χ0v) is 19.0. The second-order valence-electron chi connectivity index (χ2n) is 8.13. The zero-order chi connectivity index (χ0) is 22.7. The highest BCUT2D eigenvalue weighted by Crippen LogP contribution is 2.21. The molecule has 4 rings (SSSR count). The number of hydrogen-bond acceptors (Lipinski definition) is 5. The molecule has 2 aliphatic rings. The van der Waals surface area contributed by atoms with Gasteiger partial charge in [0.15, 0.2) is 15.5 Å². The molecule has 1 unspecified atom stereocenters. The Bertz CT molecular complexity index is 1070. The monoisotopic (exact) mass is 461 g/mol. The molecule has 2 fully saturated rings. The van der Waals surface area contributed by atoms with Gasteiger partial charge in [-0.1, -0.05) is 25.1 Å². The Balaban J connectivity index is 1.48. The molecule has 3 heterocycles. The first-order valence-electron chi connectivity index (χ1n) is 11.0. The summed E-state index contributed by atoms with van der Waals surface area (Å²) in [5.74, 6) is 0.749. The van der Waals surface area contributed by atoms with Crippen LogP contribution in [-0.2, 0) is 21.1 Å². The summed E-state index contributed by atoms with van der Waals surface area (Å²) >= 11 is 0. The number of amides is 3. The summed E-state index contributed by atoms with van der Waals surface area (Å²) in [6.07, 6.45) is 2.89. The van der Waals surface area contributed by atoms with E-state index in [-0.39, 0.29) is 36.5 Å². The van der Waals surface area contributed by atoms with E-state index in [0.29, 0.717) is 25.3 Å². The number of carbonyl (C=O) groups excluding carboxylic acids is 2. The molecule has 0 radical (unpaired) electrons. The largest absolute Gasteiger partial charge is 0.354 e. The Hall–Kier alpha value is -2.95. The molecule has 172 valence electrons. The van der Waals surface area contributed by atoms with Crippen molar-refractivity contribution in [3.8, 4) is 5.69 Å². The number of sulfone groups is 1. The van der Waals surface area contributed by atoms with E-state index in [9.17, 15) is 18.0 Å². The molecule has 0 spiro atoms. The van der Waals surface area contributed by atoms with E-state index in [2.05, 4.69) is 15.4 Å². The number of hydrogen-bond donors (Lipinski definition) is 2. The van der Waals surface area contributed by atoms with E-state index >= 15 is 0 Å². The van der Waals surface area contributed by atoms with Gasteiger partial charge in [-0.25, -0.2) is 13.2 Å². The quantitative estimate of drug-likeness (QED) is 0.656. The molecule has 2 aromatic rings. The summed E-state index contributed by atoms with van der Waals surface area (Å²) in [4.78, 5) is 33.8. The molecule has 1 atom stereocenters. The Morgan fingerprint density at radius 2 is 1.88 bits per heavy atom. The molecule has 2 saturated heterocycles. The van der Waals surface area contributed by atoms with Gasteiger partial charge in [-0.2, -0.15) is 5.10 Å². The predicted octanol–water partition coefficient (Wildman–Crippen LogP) is 0.892. The van der Waals surface area contributed by atoms with Crippen molar-refractivity contribution >= 4 is 27.7 Å². The fourth-order valence-electron chi connectivity index (χ4n) is 4.18. The van der Waals surface area contributed by atoms with Gasteiger partial charge in [0.2, 0.25) is 0 Å². The lowest BCUT2D eigenvalue weighted by Gasteiger charge is -2.38. The lowest BCUT2D eigenvalue weighted by atomic mass is 10.0. The molecular formula is C21H29N6O4S+. The number of piperidine rings is 1. The molecule has 1 aromatic heterocycles. The van der Waals surface area contributed by atoms with Gasteiger partial charge in [0.05, 0.1) is 17.9 Å². The summed E-state index contributed by atoms with van der Waals surface area (Å²) in [5.41, 5.74) is 0.909. The molecule has 0 aliphatic carbocycles. The van der Waals surface area contributed by atoms with Gasteiger partial charge in [0, 0.05) is 19.6 Å². The maximum absolute atomic E-state index is 13.1. The van der Waals surface area contributed by atoms with E-state index in [4.69, 9.17) is 0 Å². The molecular weight excluding hydrogens is 432 g/mol. The maximum atomic E-state index is 13.1. The highest BCUT2D eigenvalue weighted by molar-refractivity contribution is 7.91. The standard InChI is InChI=1S/C21H28N6O4S/c1-2-18-22-20(24-27(18)16-8-4-3-5-9-16)23-19(28)17-10-6-7-11-26(17)21(29)25-12-14-32(30,31)15-13-25/h3-5,8-9,17H,2,6-7,10-15H2,1H3,(H,23,24,28)/p+1. The van der Waals surface area contributed by atoms with Crippen LogP contribution in [0.15, 0.2) is 30.3 Å². The number of benzene rings is 1. The van der Waals surface area contributed by atoms with Crippen LogP contribution >= 0.6 is 0 Å². The molecule has 0 saturated carbocycles. The van der Waals surface area contributed by atoms with Crippen molar-refractivity contribution in [1.29, 1.82) is 0 Å². The minimum atomic E-state index is -3.08. The Labute approximate surface area is 187 Å². The van der Waals surface area contributed by atoms with Crippen LogP contribution in [0, 0.1) is 0 Å². The first-order valence-corrected chi connectivity index (χ1v) is 12.8. The van der Waals surface area contributed by atoms with Gasteiger partial charge in [0.1, 0.15) is 6.04 Å². The van der Waals surface area contributed by atoms with Gasteiger partial charge >= 0.3 is 17.8 Å². The van der Waals surface area contributed by atoms with Gasteiger partial charge in [0.25, 0.3) is 5.91 Å². The highest BCUT2D eigenvalue weighted by atomic mass is 32.2. The molecule has 2 N–H and O–H groups in total. The van der Waals surface area contributed by atoms with Crippen LogP contribution in [-0.4, -0.2) is 77.4 Å². The number of anilines is 1. The fraction of sp³-hybridized carbons (Fsp3) is 0.524. The number of likely N-dealkylation sites (tertiary alicyclic amines) is 1. The molecule has 1 aromatic carbocycles. The summed E-state index contributed by atoms with van der Waals surface area (Å²) in [6, 6.07) is 8.80. The molecule has 32 heavy (non-hydrogen) atoms. The second kappa shape index (κ2) is 9.27. The number of nitrogens with zero attached hydrogens (tertiary/aromatic N) is 4. The molecule has 2 aliphatic heterocycles. The van der Waals surface area contributed by atoms with E-state index in [0.717, 1.165) is 24.4 Å². The van der Waals surface area contributed by atoms with Crippen molar-refractivity contribution < 1.29 is 22.7 Å². The molecule has 3 amide bonds. The summed E-state index contributed by atoms with van der Waals surface area (Å²) in [7, 11) is -3.08. The van der Waals surface area contributed by atoms with Gasteiger partial charge < -0.3 is 9.80 Å². The highest BCUT2D eigenvalue weighted by Gasteiger charge is 2.37. The van der Waals surface area contributed by atoms with E-state index in [1.54, 1.807) is 4.90 Å². The number of urea groups is 1. The third kappa shape index (κ3) is 4.77. The number of H-pyrrole nitrogens is 1. The number of aryl methyl sites for hydroxylation is 1. The Morgan fingerprint density at radius 3 is 2.56 bits per heavy atom. The average molecular weight is 462 g/mol. The minimum absolute atomic E-state index is 0.0326. The van der Waals surface area contributed by atoms with Gasteiger partial charge in [-0.15, -0.1) is 4.68 Å². The van der Waals surface area contributed by atoms with Crippen LogP contribution in [0.1, 0.15) is 32.0 Å². The zero-order valence-electron chi connectivity index (χ0n) is 18.2. The fourth-order valence-corrected chi connectivity index (χ4v) is 5.38. The van der Waals surface area contributed by atoms with Crippen molar-refractivity contribution in [1.82, 2.24) is 19.9 Å². The van der Waals surface area contributed by atoms with Crippen LogP contribution < -0.4 is 10.00 Å². The first-order chi connectivity index (χ1) is 15.4. The smallest absolute Gasteiger partial charge is 0.323 e. The minimum Gasteiger partial charge on any atom is -0.323 e. The van der Waals surface area contributed by atoms with Crippen molar-refractivity contribution in [3.05, 3.63) is 36.2 Å². The third-order valence-corrected chi connectivity index (χ3v) is 7.56. The predicted molar refractivity (Wildman–Crippen MR) is 118 cm³/mol. The molecule has 10 nitrogen and oxygen atoms in total. The SMILES string of the molecule is CCc1nc(NC(=O)C2CCCCN2C(=O)N2CCS(=O)(=O)CC2)[nH][n+]1-c1ccccc1. The number of aromatic amines is 1. The van der Waals surface area contributed by atoms with Crippen LogP contribution in [0.25, 0.3) is 5.69 Å². The Morgan fingerprint density at radius 1 is 1.16 bits per heavy atom. The number of nitrogens with one attached hydrogen (secondary N) is 2. The Kier molecular flexibility index (Phi) is 6.45. The summed E-state index contributed by atoms with van der Waals surface area (Å²) in [5, 5.41) is 5.97. The lowest BCUT2D eigenvalue weighted by Crippen LogP contribution is -2.56. The number of para-hydroxylation sites is 1. The van der Waals surface area contributed by atoms with Crippen LogP contribution in [0.5, 0.6) is 0 Å². The molecule has 11 heteroatoms. The number of carbonyl (C=O) groups is 2. The second-order valence-corrected chi connectivity index (χ2v) is 10.4. The summed E-state index contributed by atoms with van der Waals surface area (Å²) < 4.78 is 25.2. The van der Waals surface area contributed by atoms with E-state index in [1.807, 2.05) is 41.9 Å². The normalized spacial score (nSPS) is 20.7. The third-order valence-electron chi connectivity index (χ3n) is 5.95. The van der Waals surface area contributed by atoms with Crippen LogP contribution in [0.2, 0.25) is 0 Å². The molecule has 0 bridgehead atoms. The van der Waals surface area contributed by atoms with Gasteiger partial charge in [-0.05, 0) is 36.4 Å². The van der Waals surface area contributed by atoms with Crippen LogP contribution in [0.3, 0.4) is 0 Å². The van der Waals surface area contributed by atoms with Crippen molar-refractivity contribution in [2.24, 2.45) is 0 Å². The maximum Gasteiger partial charge on any atom is 0.354 e. The topological polar surface area (TPSA) is 119 Å². The van der Waals surface area contributed by atoms with E-state index in [1.165, 1.54) is 4.90 Å². The summed E-state index contributed by atoms with van der Waals surface area (Å²) in [6.45, 7) is 2.80. The average Bonchev–Trinajstić information content (AvgIpc) is 3.22. The van der Waals surface area contributed by atoms with Crippen molar-refractivity contribution in [2.75, 3.05) is 36.5 Å². The van der Waals surface area contributed by atoms with Crippen molar-refractivity contribution in [3.63, 3.8) is 0 Å². The van der Waals surface area contributed by atoms with E-state index < -0.39 is 15.9 Å². The first kappa shape index (κ1) is 22.3. The van der Waals surface area contributed by atoms with Gasteiger partial charge in [-0.3, -0.25) is 10.1 Å². The van der Waals surface area contributed by atoms with Crippen LogP contribution in [0.4, 0.5) is 10.7 Å². The number of aromatic nitrogens is 3. The van der Waals surface area contributed by atoms with Crippen molar-refractivity contribution in [2.45, 2.75) is 38.6 Å². The number of rotatable bonds is 4.